The number of carbonyl (C=O) groups excluding carboxylic acids is 2. The van der Waals surface area contributed by atoms with Gasteiger partial charge in [0, 0.05) is 4.47 Å². The molecule has 0 unspecified atom stereocenters. The van der Waals surface area contributed by atoms with Crippen LogP contribution < -0.4 is 20.9 Å². The first kappa shape index (κ1) is 22.0. The third kappa shape index (κ3) is 5.68. The quantitative estimate of drug-likeness (QED) is 0.290. The topological polar surface area (TPSA) is 99.7 Å². The lowest BCUT2D eigenvalue weighted by molar-refractivity contribution is -0.121. The Morgan fingerprint density at radius 3 is 2.40 bits per heavy atom. The van der Waals surface area contributed by atoms with Gasteiger partial charge >= 0.3 is 0 Å². The van der Waals surface area contributed by atoms with Gasteiger partial charge in [-0.3, -0.25) is 25.8 Å². The molecule has 0 atom stereocenters. The number of thiocarbonyl (C=S) groups is 1. The first-order valence-corrected chi connectivity index (χ1v) is 10.5. The Kier molecular flexibility index (Phi) is 7.24. The van der Waals surface area contributed by atoms with Crippen molar-refractivity contribution in [3.63, 3.8) is 0 Å². The van der Waals surface area contributed by atoms with Crippen LogP contribution >= 0.6 is 44.1 Å². The van der Waals surface area contributed by atoms with E-state index >= 15 is 0 Å². The van der Waals surface area contributed by atoms with E-state index in [-0.39, 0.29) is 23.0 Å². The van der Waals surface area contributed by atoms with E-state index in [0.29, 0.717) is 10.2 Å². The normalized spacial score (nSPS) is 10.3. The van der Waals surface area contributed by atoms with Crippen molar-refractivity contribution >= 4 is 71.8 Å². The average molecular weight is 553 g/mol. The molecule has 3 aromatic carbocycles. The van der Waals surface area contributed by atoms with Crippen molar-refractivity contribution in [2.75, 3.05) is 6.61 Å². The molecule has 0 aliphatic heterocycles. The maximum absolute atomic E-state index is 12.3. The van der Waals surface area contributed by atoms with Crippen LogP contribution in [-0.4, -0.2) is 28.6 Å². The SMILES string of the molecule is O=C(COc1ccc(Br)cc1Br)NC(=S)NNC(=O)c1cc2ccccc2cc1O. The summed E-state index contributed by atoms with van der Waals surface area (Å²) < 4.78 is 6.97. The van der Waals surface area contributed by atoms with Crippen LogP contribution in [0.4, 0.5) is 0 Å². The number of benzene rings is 3. The number of hydrazine groups is 1. The van der Waals surface area contributed by atoms with E-state index in [1.165, 1.54) is 6.07 Å². The van der Waals surface area contributed by atoms with Gasteiger partial charge in [0.05, 0.1) is 10.0 Å². The van der Waals surface area contributed by atoms with Crippen LogP contribution in [0.3, 0.4) is 0 Å². The van der Waals surface area contributed by atoms with Gasteiger partial charge in [0.25, 0.3) is 11.8 Å². The summed E-state index contributed by atoms with van der Waals surface area (Å²) in [4.78, 5) is 24.3. The summed E-state index contributed by atoms with van der Waals surface area (Å²) >= 11 is 11.7. The van der Waals surface area contributed by atoms with Crippen molar-refractivity contribution in [3.8, 4) is 11.5 Å². The number of nitrogens with one attached hydrogen (secondary N) is 3. The molecule has 0 fully saturated rings. The third-order valence-corrected chi connectivity index (χ3v) is 5.22. The summed E-state index contributed by atoms with van der Waals surface area (Å²) in [5, 5.41) is 14.0. The number of fused-ring (bicyclic) bond motifs is 1. The molecular weight excluding hydrogens is 538 g/mol. The lowest BCUT2D eigenvalue weighted by atomic mass is 10.1. The molecule has 0 saturated carbocycles. The smallest absolute Gasteiger partial charge is 0.273 e. The summed E-state index contributed by atoms with van der Waals surface area (Å²) in [6.07, 6.45) is 0. The number of phenols is 1. The van der Waals surface area contributed by atoms with E-state index in [4.69, 9.17) is 17.0 Å². The van der Waals surface area contributed by atoms with Gasteiger partial charge in [-0.1, -0.05) is 40.2 Å². The Morgan fingerprint density at radius 1 is 1.00 bits per heavy atom. The number of halogens is 2. The van der Waals surface area contributed by atoms with Gasteiger partial charge in [-0.05, 0) is 69.3 Å². The summed E-state index contributed by atoms with van der Waals surface area (Å²) in [6, 6.07) is 15.7. The zero-order chi connectivity index (χ0) is 21.7. The largest absolute Gasteiger partial charge is 0.507 e. The van der Waals surface area contributed by atoms with Crippen molar-refractivity contribution in [2.24, 2.45) is 0 Å². The van der Waals surface area contributed by atoms with Crippen LogP contribution in [0.15, 0.2) is 63.5 Å². The molecule has 0 aliphatic rings. The van der Waals surface area contributed by atoms with Crippen LogP contribution in [0, 0.1) is 0 Å². The molecule has 3 rings (SSSR count). The highest BCUT2D eigenvalue weighted by molar-refractivity contribution is 9.11. The van der Waals surface area contributed by atoms with Crippen molar-refractivity contribution < 1.29 is 19.4 Å². The number of carbonyl (C=O) groups is 2. The number of phenolic OH excluding ortho intramolecular Hbond substituents is 1. The van der Waals surface area contributed by atoms with E-state index < -0.39 is 11.8 Å². The van der Waals surface area contributed by atoms with E-state index in [1.807, 2.05) is 24.3 Å². The predicted octanol–water partition coefficient (Wildman–Crippen LogP) is 3.78. The Labute approximate surface area is 194 Å². The first-order valence-electron chi connectivity index (χ1n) is 8.53. The zero-order valence-electron chi connectivity index (χ0n) is 15.2. The summed E-state index contributed by atoms with van der Waals surface area (Å²) in [6.45, 7) is -0.276. The monoisotopic (exact) mass is 551 g/mol. The standard InChI is InChI=1S/C20H15Br2N3O4S/c21-13-5-6-17(15(22)9-13)29-10-18(27)23-20(30)25-24-19(28)14-7-11-3-1-2-4-12(11)8-16(14)26/h1-9,26H,10H2,(H,24,28)(H2,23,25,27,30). The highest BCUT2D eigenvalue weighted by Crippen LogP contribution is 2.28. The van der Waals surface area contributed by atoms with Gasteiger partial charge in [-0.2, -0.15) is 0 Å². The molecule has 0 bridgehead atoms. The molecule has 4 N–H and O–H groups in total. The lowest BCUT2D eigenvalue weighted by Gasteiger charge is -2.13. The Balaban J connectivity index is 1.51. The zero-order valence-corrected chi connectivity index (χ0v) is 19.2. The molecule has 0 radical (unpaired) electrons. The predicted molar refractivity (Wildman–Crippen MR) is 124 cm³/mol. The van der Waals surface area contributed by atoms with Crippen molar-refractivity contribution in [1.82, 2.24) is 16.2 Å². The second kappa shape index (κ2) is 9.88. The van der Waals surface area contributed by atoms with Crippen LogP contribution in [0.5, 0.6) is 11.5 Å². The molecule has 2 amide bonds. The van der Waals surface area contributed by atoms with Crippen molar-refractivity contribution in [3.05, 3.63) is 69.1 Å². The molecule has 154 valence electrons. The summed E-state index contributed by atoms with van der Waals surface area (Å²) in [5.74, 6) is -0.793. The highest BCUT2D eigenvalue weighted by Gasteiger charge is 2.13. The molecule has 0 aliphatic carbocycles. The summed E-state index contributed by atoms with van der Waals surface area (Å²) in [5.41, 5.74) is 4.83. The van der Waals surface area contributed by atoms with E-state index in [2.05, 4.69) is 48.0 Å². The van der Waals surface area contributed by atoms with Gasteiger partial charge in [0.2, 0.25) is 0 Å². The van der Waals surface area contributed by atoms with Gasteiger partial charge in [0.15, 0.2) is 11.7 Å². The van der Waals surface area contributed by atoms with Crippen LogP contribution in [0.25, 0.3) is 10.8 Å². The molecule has 10 heteroatoms. The number of rotatable bonds is 4. The minimum atomic E-state index is -0.607. The van der Waals surface area contributed by atoms with Crippen LogP contribution in [0.2, 0.25) is 0 Å². The second-order valence-corrected chi connectivity index (χ2v) is 8.21. The molecule has 30 heavy (non-hydrogen) atoms. The summed E-state index contributed by atoms with van der Waals surface area (Å²) in [7, 11) is 0. The molecule has 7 nitrogen and oxygen atoms in total. The molecule has 0 saturated heterocycles. The van der Waals surface area contributed by atoms with Gasteiger partial charge in [-0.25, -0.2) is 0 Å². The van der Waals surface area contributed by atoms with Crippen LogP contribution in [0.1, 0.15) is 10.4 Å². The number of ether oxygens (including phenoxy) is 1. The Hall–Kier alpha value is -2.69. The van der Waals surface area contributed by atoms with E-state index in [0.717, 1.165) is 15.2 Å². The lowest BCUT2D eigenvalue weighted by Crippen LogP contribution is -2.49. The fraction of sp³-hybridized carbons (Fsp3) is 0.0500. The van der Waals surface area contributed by atoms with Crippen LogP contribution in [-0.2, 0) is 4.79 Å². The third-order valence-electron chi connectivity index (χ3n) is 3.90. The minimum absolute atomic E-state index is 0.0683. The highest BCUT2D eigenvalue weighted by atomic mass is 79.9. The Bertz CT molecular complexity index is 1140. The molecular formula is C20H15Br2N3O4S. The van der Waals surface area contributed by atoms with Gasteiger partial charge < -0.3 is 9.84 Å². The number of hydrogen-bond donors (Lipinski definition) is 4. The first-order chi connectivity index (χ1) is 14.3. The Morgan fingerprint density at radius 2 is 1.70 bits per heavy atom. The van der Waals surface area contributed by atoms with Crippen molar-refractivity contribution in [2.45, 2.75) is 0 Å². The molecule has 0 heterocycles. The van der Waals surface area contributed by atoms with E-state index in [9.17, 15) is 14.7 Å². The number of aromatic hydroxyl groups is 1. The molecule has 0 spiro atoms. The second-order valence-electron chi connectivity index (χ2n) is 6.04. The minimum Gasteiger partial charge on any atom is -0.507 e. The fourth-order valence-electron chi connectivity index (χ4n) is 2.52. The van der Waals surface area contributed by atoms with E-state index in [1.54, 1.807) is 24.3 Å². The average Bonchev–Trinajstić information content (AvgIpc) is 2.71. The van der Waals surface area contributed by atoms with Gasteiger partial charge in [-0.15, -0.1) is 0 Å². The maximum atomic E-state index is 12.3. The molecule has 3 aromatic rings. The van der Waals surface area contributed by atoms with Gasteiger partial charge in [0.1, 0.15) is 11.5 Å². The number of hydrogen-bond acceptors (Lipinski definition) is 5. The van der Waals surface area contributed by atoms with Crippen molar-refractivity contribution in [1.29, 1.82) is 0 Å². The fourth-order valence-corrected chi connectivity index (χ4v) is 3.85. The molecule has 0 aromatic heterocycles. The number of amides is 2. The maximum Gasteiger partial charge on any atom is 0.273 e.